The maximum absolute atomic E-state index is 14.0. The minimum Gasteiger partial charge on any atom is -0.395 e. The molecule has 6 aromatic rings. The number of rotatable bonds is 13. The lowest BCUT2D eigenvalue weighted by Crippen LogP contribution is -2.45. The first-order chi connectivity index (χ1) is 32.2. The number of pyridine rings is 1. The Labute approximate surface area is 396 Å². The van der Waals surface area contributed by atoms with Gasteiger partial charge in [0.2, 0.25) is 11.8 Å². The van der Waals surface area contributed by atoms with E-state index in [1.54, 1.807) is 11.0 Å². The molecule has 4 aromatic carbocycles. The van der Waals surface area contributed by atoms with Crippen LogP contribution in [0.15, 0.2) is 91.0 Å². The molecule has 2 unspecified atom stereocenters. The summed E-state index contributed by atoms with van der Waals surface area (Å²) in [5, 5.41) is 20.5. The molecule has 0 radical (unpaired) electrons. The molecule has 12 nitrogen and oxygen atoms in total. The van der Waals surface area contributed by atoms with Gasteiger partial charge in [-0.15, -0.1) is 0 Å². The van der Waals surface area contributed by atoms with Gasteiger partial charge in [-0.25, -0.2) is 23.7 Å². The van der Waals surface area contributed by atoms with E-state index >= 15 is 0 Å². The summed E-state index contributed by atoms with van der Waals surface area (Å²) in [6.45, 7) is 13.8. The number of carbonyl (C=O) groups excluding carboxylic acids is 2. The fraction of sp³-hybridized carbons (Fsp3) is 0.385. The van der Waals surface area contributed by atoms with Crippen LogP contribution in [0.2, 0.25) is 5.02 Å². The normalized spacial score (nSPS) is 15.8. The van der Waals surface area contributed by atoms with Crippen molar-refractivity contribution in [3.8, 4) is 17.2 Å². The number of benzene rings is 4. The van der Waals surface area contributed by atoms with Gasteiger partial charge in [0.15, 0.2) is 23.3 Å². The van der Waals surface area contributed by atoms with Crippen molar-refractivity contribution in [3.05, 3.63) is 119 Å². The van der Waals surface area contributed by atoms with Crippen molar-refractivity contribution < 1.29 is 23.5 Å². The number of anilines is 3. The third-order valence-corrected chi connectivity index (χ3v) is 12.6. The Kier molecular flexibility index (Phi) is 15.5. The maximum Gasteiger partial charge on any atom is 0.225 e. The average molecular weight is 931 g/mol. The first kappa shape index (κ1) is 48.5. The monoisotopic (exact) mass is 929 g/mol. The van der Waals surface area contributed by atoms with Gasteiger partial charge in [0.05, 0.1) is 46.9 Å². The molecule has 2 atom stereocenters. The van der Waals surface area contributed by atoms with E-state index in [1.807, 2.05) is 118 Å². The molecule has 2 amide bonds. The Morgan fingerprint density at radius 3 is 2.03 bits per heavy atom. The van der Waals surface area contributed by atoms with Crippen LogP contribution < -0.4 is 14.7 Å². The Morgan fingerprint density at radius 2 is 1.40 bits per heavy atom. The zero-order chi connectivity index (χ0) is 47.9. The number of nitrogens with zero attached hydrogens (tertiary/aromatic N) is 9. The van der Waals surface area contributed by atoms with Crippen LogP contribution in [-0.2, 0) is 16.1 Å². The first-order valence-corrected chi connectivity index (χ1v) is 23.3. The summed E-state index contributed by atoms with van der Waals surface area (Å²) in [4.78, 5) is 49.9. The number of fused-ring (bicyclic) bond motifs is 2. The van der Waals surface area contributed by atoms with Crippen molar-refractivity contribution in [1.82, 2.24) is 24.8 Å². The van der Waals surface area contributed by atoms with Gasteiger partial charge in [-0.1, -0.05) is 87.8 Å². The zero-order valence-corrected chi connectivity index (χ0v) is 39.7. The van der Waals surface area contributed by atoms with Gasteiger partial charge in [0, 0.05) is 92.8 Å². The van der Waals surface area contributed by atoms with Crippen LogP contribution in [0.5, 0.6) is 0 Å². The van der Waals surface area contributed by atoms with Gasteiger partial charge >= 0.3 is 0 Å². The van der Waals surface area contributed by atoms with Gasteiger partial charge in [0.1, 0.15) is 5.82 Å². The summed E-state index contributed by atoms with van der Waals surface area (Å²) in [6.07, 6.45) is 1.61. The SMILES string of the molecule is CC(C)C(=O)N(CCO)C1CCN(c2nc3cc(Cl)ccc3cc2-c2cccc(C#N)c2)C1.CCN(C(=O)C(C)C)C1CCN(c2nc3cc(F)c(F)cc3nc2N(C)Cc2ccccc2)C1. The largest absolute Gasteiger partial charge is 0.395 e. The molecular weight excluding hydrogens is 872 g/mol. The molecule has 2 aliphatic heterocycles. The number of carbonyl (C=O) groups is 2. The standard InChI is InChI=1S/C26H27ClN4O2.C26H31F2N5O/c1-17(2)26(33)31(10-11-32)22-8-9-30(16-22)25-23(19-5-3-4-18(12-19)15-28)13-20-6-7-21(27)14-24(20)29-25;1-5-33(26(34)17(2)3)19-11-12-32(16-19)25-24(31(4)15-18-9-7-6-8-10-18)29-22-13-20(27)21(28)14-23(22)30-25/h3-7,12-14,17,22,32H,8-11,16H2,1-2H3;6-10,13-14,17,19H,5,11-12,15-16H2,1-4H3. The summed E-state index contributed by atoms with van der Waals surface area (Å²) < 4.78 is 27.9. The van der Waals surface area contributed by atoms with Crippen LogP contribution in [-0.4, -0.2) is 107 Å². The number of aromatic nitrogens is 3. The number of aliphatic hydroxyl groups is 1. The highest BCUT2D eigenvalue weighted by molar-refractivity contribution is 6.31. The zero-order valence-electron chi connectivity index (χ0n) is 39.0. The van der Waals surface area contributed by atoms with Crippen molar-refractivity contribution in [2.45, 2.75) is 66.1 Å². The van der Waals surface area contributed by atoms with Crippen LogP contribution in [0, 0.1) is 34.8 Å². The second kappa shape index (κ2) is 21.5. The lowest BCUT2D eigenvalue weighted by Gasteiger charge is -2.30. The molecule has 2 aromatic heterocycles. The van der Waals surface area contributed by atoms with E-state index in [-0.39, 0.29) is 42.3 Å². The van der Waals surface area contributed by atoms with E-state index in [4.69, 9.17) is 26.6 Å². The van der Waals surface area contributed by atoms with Crippen molar-refractivity contribution in [2.24, 2.45) is 11.8 Å². The molecule has 15 heteroatoms. The lowest BCUT2D eigenvalue weighted by molar-refractivity contribution is -0.137. The molecule has 2 saturated heterocycles. The van der Waals surface area contributed by atoms with E-state index in [0.29, 0.717) is 72.5 Å². The highest BCUT2D eigenvalue weighted by Crippen LogP contribution is 2.37. The maximum atomic E-state index is 14.0. The molecule has 0 aliphatic carbocycles. The van der Waals surface area contributed by atoms with E-state index in [2.05, 4.69) is 21.9 Å². The van der Waals surface area contributed by atoms with Gasteiger partial charge in [-0.3, -0.25) is 9.59 Å². The molecule has 0 saturated carbocycles. The summed E-state index contributed by atoms with van der Waals surface area (Å²) in [7, 11) is 1.92. The fourth-order valence-corrected chi connectivity index (χ4v) is 9.15. The second-order valence-electron chi connectivity index (χ2n) is 17.8. The van der Waals surface area contributed by atoms with E-state index in [0.717, 1.165) is 64.9 Å². The highest BCUT2D eigenvalue weighted by Gasteiger charge is 2.35. The fourth-order valence-electron chi connectivity index (χ4n) is 8.99. The Hall–Kier alpha value is -6.43. The second-order valence-corrected chi connectivity index (χ2v) is 18.3. The molecular formula is C52H58ClF2N9O3. The molecule has 1 N–H and O–H groups in total. The van der Waals surface area contributed by atoms with Crippen molar-refractivity contribution in [1.29, 1.82) is 5.26 Å². The minimum atomic E-state index is -0.947. The number of hydrogen-bond donors (Lipinski definition) is 1. The number of hydrogen-bond acceptors (Lipinski definition) is 10. The van der Waals surface area contributed by atoms with Gasteiger partial charge in [-0.2, -0.15) is 5.26 Å². The van der Waals surface area contributed by atoms with Crippen molar-refractivity contribution >= 4 is 62.8 Å². The number of nitriles is 1. The van der Waals surface area contributed by atoms with Gasteiger partial charge in [0.25, 0.3) is 0 Å². The molecule has 4 heterocycles. The number of halogens is 3. The lowest BCUT2D eigenvalue weighted by atomic mass is 10.0. The van der Waals surface area contributed by atoms with E-state index in [9.17, 15) is 28.7 Å². The molecule has 0 spiro atoms. The summed E-state index contributed by atoms with van der Waals surface area (Å²) in [5.74, 6) is 0.122. The highest BCUT2D eigenvalue weighted by atomic mass is 35.5. The third-order valence-electron chi connectivity index (χ3n) is 12.4. The topological polar surface area (TPSA) is 133 Å². The third kappa shape index (κ3) is 11.1. The minimum absolute atomic E-state index is 0.00204. The predicted molar refractivity (Wildman–Crippen MR) is 262 cm³/mol. The smallest absolute Gasteiger partial charge is 0.225 e. The first-order valence-electron chi connectivity index (χ1n) is 22.9. The Bertz CT molecular complexity index is 2770. The van der Waals surface area contributed by atoms with Crippen LogP contribution in [0.25, 0.3) is 33.1 Å². The summed E-state index contributed by atoms with van der Waals surface area (Å²) in [6, 6.07) is 29.7. The predicted octanol–water partition coefficient (Wildman–Crippen LogP) is 9.11. The summed E-state index contributed by atoms with van der Waals surface area (Å²) in [5.41, 5.74) is 4.95. The van der Waals surface area contributed by atoms with E-state index < -0.39 is 11.6 Å². The van der Waals surface area contributed by atoms with Gasteiger partial charge < -0.3 is 29.6 Å². The van der Waals surface area contributed by atoms with Crippen molar-refractivity contribution in [2.75, 3.05) is 67.6 Å². The number of amides is 2. The van der Waals surface area contributed by atoms with Crippen LogP contribution in [0.4, 0.5) is 26.2 Å². The van der Waals surface area contributed by atoms with E-state index in [1.165, 1.54) is 0 Å². The Morgan fingerprint density at radius 1 is 0.791 bits per heavy atom. The number of aliphatic hydroxyl groups excluding tert-OH is 1. The average Bonchev–Trinajstić information content (AvgIpc) is 4.02. The van der Waals surface area contributed by atoms with Crippen LogP contribution in [0.1, 0.15) is 58.6 Å². The van der Waals surface area contributed by atoms with Gasteiger partial charge in [-0.05, 0) is 61.2 Å². The van der Waals surface area contributed by atoms with Crippen molar-refractivity contribution in [3.63, 3.8) is 0 Å². The molecule has 350 valence electrons. The molecule has 67 heavy (non-hydrogen) atoms. The molecule has 2 aliphatic rings. The van der Waals surface area contributed by atoms with Crippen LogP contribution in [0.3, 0.4) is 0 Å². The molecule has 0 bridgehead atoms. The quantitative estimate of drug-likeness (QED) is 0.120. The Balaban J connectivity index is 0.000000199. The van der Waals surface area contributed by atoms with Crippen LogP contribution >= 0.6 is 11.6 Å². The molecule has 2 fully saturated rings. The summed E-state index contributed by atoms with van der Waals surface area (Å²) >= 11 is 6.23. The number of likely N-dealkylation sites (N-methyl/N-ethyl adjacent to an activating group) is 1. The molecule has 8 rings (SSSR count).